The summed E-state index contributed by atoms with van der Waals surface area (Å²) in [5.74, 6) is 0.762. The van der Waals surface area contributed by atoms with Crippen molar-refractivity contribution in [3.8, 4) is 0 Å². The molecular weight excluding hydrogens is 439 g/mol. The highest BCUT2D eigenvalue weighted by molar-refractivity contribution is 14.0. The molecule has 0 bridgehead atoms. The summed E-state index contributed by atoms with van der Waals surface area (Å²) in [5, 5.41) is 10.0. The van der Waals surface area contributed by atoms with E-state index in [1.54, 1.807) is 0 Å². The highest BCUT2D eigenvalue weighted by atomic mass is 127. The van der Waals surface area contributed by atoms with E-state index in [0.29, 0.717) is 13.1 Å². The number of nitrogens with one attached hydrogen (secondary N) is 3. The van der Waals surface area contributed by atoms with Gasteiger partial charge in [0.05, 0.1) is 6.54 Å². The van der Waals surface area contributed by atoms with Crippen LogP contribution in [0, 0.1) is 0 Å². The maximum Gasteiger partial charge on any atom is 0.216 e. The molecule has 0 saturated heterocycles. The molecule has 1 amide bonds. The molecule has 0 aliphatic heterocycles. The zero-order chi connectivity index (χ0) is 16.7. The van der Waals surface area contributed by atoms with Crippen LogP contribution in [0.2, 0.25) is 5.02 Å². The standard InChI is InChI=1S/C17H25ClN4O.HI/c1-3-19-16(21-10-9-20-13(2)23)22-12-17(7-8-17)14-5-4-6-15(18)11-14;/h4-6,11H,3,7-10,12H2,1-2H3,(H,20,23)(H2,19,21,22);1H. The Morgan fingerprint density at radius 1 is 1.25 bits per heavy atom. The first-order chi connectivity index (χ1) is 11.1. The van der Waals surface area contributed by atoms with E-state index in [1.165, 1.54) is 12.5 Å². The van der Waals surface area contributed by atoms with Crippen molar-refractivity contribution in [1.29, 1.82) is 0 Å². The molecule has 1 saturated carbocycles. The summed E-state index contributed by atoms with van der Waals surface area (Å²) in [6.07, 6.45) is 2.28. The van der Waals surface area contributed by atoms with Crippen LogP contribution in [0.25, 0.3) is 0 Å². The lowest BCUT2D eigenvalue weighted by Crippen LogP contribution is -2.41. The van der Waals surface area contributed by atoms with Crippen LogP contribution >= 0.6 is 35.6 Å². The number of guanidine groups is 1. The second-order valence-corrected chi connectivity index (χ2v) is 6.33. The third-order valence-electron chi connectivity index (χ3n) is 3.97. The van der Waals surface area contributed by atoms with Gasteiger partial charge in [0.1, 0.15) is 0 Å². The largest absolute Gasteiger partial charge is 0.357 e. The molecule has 2 rings (SSSR count). The Hall–Kier alpha value is -1.02. The first-order valence-corrected chi connectivity index (χ1v) is 8.46. The lowest BCUT2D eigenvalue weighted by atomic mass is 9.96. The number of carbonyl (C=O) groups excluding carboxylic acids is 1. The highest BCUT2D eigenvalue weighted by Crippen LogP contribution is 2.48. The molecule has 1 fully saturated rings. The monoisotopic (exact) mass is 464 g/mol. The Morgan fingerprint density at radius 2 is 1.96 bits per heavy atom. The van der Waals surface area contributed by atoms with Gasteiger partial charge in [0.15, 0.2) is 5.96 Å². The first kappa shape index (κ1) is 21.0. The summed E-state index contributed by atoms with van der Waals surface area (Å²) in [6, 6.07) is 8.07. The van der Waals surface area contributed by atoms with Crippen LogP contribution in [-0.2, 0) is 10.2 Å². The van der Waals surface area contributed by atoms with Crippen molar-refractivity contribution in [2.45, 2.75) is 32.1 Å². The summed E-state index contributed by atoms with van der Waals surface area (Å²) in [6.45, 7) is 6.32. The topological polar surface area (TPSA) is 65.5 Å². The Balaban J connectivity index is 0.00000288. The van der Waals surface area contributed by atoms with E-state index in [0.717, 1.165) is 36.9 Å². The molecule has 0 spiro atoms. The summed E-state index contributed by atoms with van der Waals surface area (Å²) in [7, 11) is 0. The average Bonchev–Trinajstić information content (AvgIpc) is 3.30. The van der Waals surface area contributed by atoms with Crippen LogP contribution < -0.4 is 16.0 Å². The zero-order valence-electron chi connectivity index (χ0n) is 14.2. The minimum Gasteiger partial charge on any atom is -0.357 e. The van der Waals surface area contributed by atoms with E-state index in [9.17, 15) is 4.79 Å². The van der Waals surface area contributed by atoms with Crippen LogP contribution in [0.1, 0.15) is 32.3 Å². The van der Waals surface area contributed by atoms with Gasteiger partial charge in [-0.3, -0.25) is 9.79 Å². The Kier molecular flexibility index (Phi) is 8.83. The third kappa shape index (κ3) is 6.47. The van der Waals surface area contributed by atoms with Gasteiger partial charge in [-0.1, -0.05) is 23.7 Å². The predicted molar refractivity (Wildman–Crippen MR) is 110 cm³/mol. The molecule has 0 atom stereocenters. The molecule has 7 heteroatoms. The van der Waals surface area contributed by atoms with E-state index in [4.69, 9.17) is 16.6 Å². The summed E-state index contributed by atoms with van der Waals surface area (Å²) < 4.78 is 0. The molecule has 5 nitrogen and oxygen atoms in total. The van der Waals surface area contributed by atoms with Gasteiger partial charge < -0.3 is 16.0 Å². The smallest absolute Gasteiger partial charge is 0.216 e. The molecule has 0 aromatic heterocycles. The van der Waals surface area contributed by atoms with E-state index in [2.05, 4.69) is 22.0 Å². The van der Waals surface area contributed by atoms with Crippen molar-refractivity contribution in [1.82, 2.24) is 16.0 Å². The van der Waals surface area contributed by atoms with E-state index >= 15 is 0 Å². The number of halogens is 2. The second-order valence-electron chi connectivity index (χ2n) is 5.90. The molecule has 3 N–H and O–H groups in total. The Morgan fingerprint density at radius 3 is 2.54 bits per heavy atom. The number of rotatable bonds is 7. The average molecular weight is 465 g/mol. The van der Waals surface area contributed by atoms with Crippen LogP contribution in [0.5, 0.6) is 0 Å². The Labute approximate surface area is 166 Å². The summed E-state index contributed by atoms with van der Waals surface area (Å²) in [5.41, 5.74) is 1.40. The summed E-state index contributed by atoms with van der Waals surface area (Å²) in [4.78, 5) is 15.6. The minimum absolute atomic E-state index is 0. The van der Waals surface area contributed by atoms with Gasteiger partial charge in [-0.2, -0.15) is 0 Å². The number of aliphatic imine (C=N–C) groups is 1. The molecule has 1 aromatic rings. The lowest BCUT2D eigenvalue weighted by molar-refractivity contribution is -0.118. The van der Waals surface area contributed by atoms with E-state index in [1.807, 2.05) is 25.1 Å². The predicted octanol–water partition coefficient (Wildman–Crippen LogP) is 2.68. The minimum atomic E-state index is -0.0216. The summed E-state index contributed by atoms with van der Waals surface area (Å²) >= 11 is 6.11. The SMILES string of the molecule is CCNC(=NCC1(c2cccc(Cl)c2)CC1)NCCNC(C)=O.I. The molecule has 1 aliphatic rings. The number of hydrogen-bond donors (Lipinski definition) is 3. The maximum absolute atomic E-state index is 10.9. The maximum atomic E-state index is 10.9. The van der Waals surface area contributed by atoms with Crippen LogP contribution in [0.3, 0.4) is 0 Å². The molecule has 1 aliphatic carbocycles. The fourth-order valence-electron chi connectivity index (χ4n) is 2.50. The van der Waals surface area contributed by atoms with Gasteiger partial charge in [-0.05, 0) is 37.5 Å². The van der Waals surface area contributed by atoms with Crippen molar-refractivity contribution in [2.24, 2.45) is 4.99 Å². The van der Waals surface area contributed by atoms with Crippen LogP contribution in [0.15, 0.2) is 29.3 Å². The van der Waals surface area contributed by atoms with Crippen LogP contribution in [0.4, 0.5) is 0 Å². The normalized spacial score (nSPS) is 15.2. The van der Waals surface area contributed by atoms with Gasteiger partial charge in [0, 0.05) is 37.0 Å². The molecule has 0 heterocycles. The highest BCUT2D eigenvalue weighted by Gasteiger charge is 2.44. The third-order valence-corrected chi connectivity index (χ3v) is 4.20. The molecule has 0 radical (unpaired) electrons. The van der Waals surface area contributed by atoms with Gasteiger partial charge in [0.25, 0.3) is 0 Å². The fraction of sp³-hybridized carbons (Fsp3) is 0.529. The van der Waals surface area contributed by atoms with Crippen LogP contribution in [-0.4, -0.2) is 38.0 Å². The number of hydrogen-bond acceptors (Lipinski definition) is 2. The molecular formula is C17H26ClIN4O. The van der Waals surface area contributed by atoms with Gasteiger partial charge in [0.2, 0.25) is 5.91 Å². The second kappa shape index (κ2) is 10.1. The van der Waals surface area contributed by atoms with E-state index < -0.39 is 0 Å². The van der Waals surface area contributed by atoms with Gasteiger partial charge in [-0.15, -0.1) is 24.0 Å². The zero-order valence-corrected chi connectivity index (χ0v) is 17.3. The lowest BCUT2D eigenvalue weighted by Gasteiger charge is -2.16. The first-order valence-electron chi connectivity index (χ1n) is 8.08. The van der Waals surface area contributed by atoms with Crippen molar-refractivity contribution < 1.29 is 4.79 Å². The van der Waals surface area contributed by atoms with Crippen molar-refractivity contribution in [3.63, 3.8) is 0 Å². The molecule has 0 unspecified atom stereocenters. The molecule has 1 aromatic carbocycles. The number of nitrogens with zero attached hydrogens (tertiary/aromatic N) is 1. The van der Waals surface area contributed by atoms with Crippen molar-refractivity contribution in [2.75, 3.05) is 26.2 Å². The quantitative estimate of drug-likeness (QED) is 0.252. The fourth-order valence-corrected chi connectivity index (χ4v) is 2.69. The van der Waals surface area contributed by atoms with Crippen molar-refractivity contribution in [3.05, 3.63) is 34.9 Å². The number of amides is 1. The Bertz CT molecular complexity index is 575. The molecule has 24 heavy (non-hydrogen) atoms. The number of benzene rings is 1. The van der Waals surface area contributed by atoms with E-state index in [-0.39, 0.29) is 35.3 Å². The van der Waals surface area contributed by atoms with Crippen molar-refractivity contribution >= 4 is 47.4 Å². The van der Waals surface area contributed by atoms with Gasteiger partial charge in [-0.25, -0.2) is 0 Å². The van der Waals surface area contributed by atoms with Gasteiger partial charge >= 0.3 is 0 Å². The molecule has 134 valence electrons. The number of carbonyl (C=O) groups is 1.